The minimum atomic E-state index is 0.399. The fourth-order valence-corrected chi connectivity index (χ4v) is 3.15. The third-order valence-corrected chi connectivity index (χ3v) is 4.41. The second-order valence-corrected chi connectivity index (χ2v) is 6.41. The molecule has 5 nitrogen and oxygen atoms in total. The Morgan fingerprint density at radius 3 is 2.90 bits per heavy atom. The Balaban J connectivity index is 1.81. The molecule has 0 aromatic carbocycles. The molecule has 0 amide bonds. The molecule has 1 heterocycles. The second kappa shape index (κ2) is 7.18. The number of nitrogens with zero attached hydrogens (tertiary/aromatic N) is 3. The van der Waals surface area contributed by atoms with E-state index in [4.69, 9.17) is 10.5 Å². The molecule has 114 valence electrons. The Bertz CT molecular complexity index is 404. The van der Waals surface area contributed by atoms with E-state index in [1.807, 2.05) is 10.9 Å². The third kappa shape index (κ3) is 4.03. The maximum atomic E-state index is 6.15. The number of nitrogens with two attached hydrogens (primary N) is 1. The molecule has 1 aromatic heterocycles. The van der Waals surface area contributed by atoms with Crippen LogP contribution in [0.15, 0.2) is 6.20 Å². The average molecular weight is 280 g/mol. The molecule has 0 radical (unpaired) electrons. The lowest BCUT2D eigenvalue weighted by atomic mass is 9.75. The van der Waals surface area contributed by atoms with Gasteiger partial charge in [0.1, 0.15) is 0 Å². The van der Waals surface area contributed by atoms with Crippen LogP contribution in [-0.2, 0) is 17.8 Å². The average Bonchev–Trinajstić information content (AvgIpc) is 2.86. The fraction of sp³-hybridized carbons (Fsp3) is 0.867. The summed E-state index contributed by atoms with van der Waals surface area (Å²) in [6, 6.07) is 0. The molecule has 0 spiro atoms. The molecule has 1 saturated carbocycles. The van der Waals surface area contributed by atoms with E-state index in [9.17, 15) is 0 Å². The standard InChI is InChI=1S/C15H28N4O/c1-11(2)14-5-4-12(3)8-15(14)20-7-6-19-10-13(9-16)17-18-19/h10-12,14-15H,4-9,16H2,1-3H3. The van der Waals surface area contributed by atoms with Crippen molar-refractivity contribution in [3.05, 3.63) is 11.9 Å². The Morgan fingerprint density at radius 2 is 2.25 bits per heavy atom. The molecule has 3 atom stereocenters. The minimum Gasteiger partial charge on any atom is -0.376 e. The molecule has 1 fully saturated rings. The van der Waals surface area contributed by atoms with Gasteiger partial charge in [0.2, 0.25) is 0 Å². The van der Waals surface area contributed by atoms with Gasteiger partial charge in [0, 0.05) is 12.7 Å². The summed E-state index contributed by atoms with van der Waals surface area (Å²) >= 11 is 0. The van der Waals surface area contributed by atoms with Crippen LogP contribution in [0.4, 0.5) is 0 Å². The van der Waals surface area contributed by atoms with Crippen LogP contribution in [0.1, 0.15) is 45.7 Å². The van der Waals surface area contributed by atoms with Crippen molar-refractivity contribution in [1.29, 1.82) is 0 Å². The van der Waals surface area contributed by atoms with Gasteiger partial charge in [-0.25, -0.2) is 4.68 Å². The van der Waals surface area contributed by atoms with Gasteiger partial charge < -0.3 is 10.5 Å². The smallest absolute Gasteiger partial charge is 0.0962 e. The van der Waals surface area contributed by atoms with E-state index in [-0.39, 0.29) is 0 Å². The summed E-state index contributed by atoms with van der Waals surface area (Å²) in [5.74, 6) is 2.18. The Hall–Kier alpha value is -0.940. The van der Waals surface area contributed by atoms with Gasteiger partial charge in [-0.15, -0.1) is 5.10 Å². The Morgan fingerprint density at radius 1 is 1.45 bits per heavy atom. The predicted molar refractivity (Wildman–Crippen MR) is 79.0 cm³/mol. The Kier molecular flexibility index (Phi) is 5.54. The van der Waals surface area contributed by atoms with E-state index in [0.29, 0.717) is 31.1 Å². The van der Waals surface area contributed by atoms with Gasteiger partial charge >= 0.3 is 0 Å². The van der Waals surface area contributed by atoms with Gasteiger partial charge in [-0.3, -0.25) is 0 Å². The molecule has 1 aromatic rings. The van der Waals surface area contributed by atoms with Crippen LogP contribution in [0.2, 0.25) is 0 Å². The van der Waals surface area contributed by atoms with Gasteiger partial charge in [-0.05, 0) is 30.6 Å². The molecule has 0 aliphatic heterocycles. The monoisotopic (exact) mass is 280 g/mol. The van der Waals surface area contributed by atoms with Crippen molar-refractivity contribution in [1.82, 2.24) is 15.0 Å². The number of aromatic nitrogens is 3. The summed E-state index contributed by atoms with van der Waals surface area (Å²) in [4.78, 5) is 0. The number of ether oxygens (including phenoxy) is 1. The number of rotatable bonds is 6. The highest BCUT2D eigenvalue weighted by Gasteiger charge is 2.31. The molecular weight excluding hydrogens is 252 g/mol. The van der Waals surface area contributed by atoms with E-state index >= 15 is 0 Å². The van der Waals surface area contributed by atoms with Crippen molar-refractivity contribution in [2.45, 2.75) is 59.2 Å². The van der Waals surface area contributed by atoms with Crippen LogP contribution in [0.5, 0.6) is 0 Å². The molecule has 3 unspecified atom stereocenters. The fourth-order valence-electron chi connectivity index (χ4n) is 3.15. The SMILES string of the molecule is CC1CCC(C(C)C)C(OCCn2cc(CN)nn2)C1. The van der Waals surface area contributed by atoms with Gasteiger partial charge in [0.05, 0.1) is 24.9 Å². The summed E-state index contributed by atoms with van der Waals surface area (Å²) < 4.78 is 7.97. The van der Waals surface area contributed by atoms with Crippen LogP contribution in [-0.4, -0.2) is 27.7 Å². The number of hydrogen-bond donors (Lipinski definition) is 1. The molecule has 0 saturated heterocycles. The molecular formula is C15H28N4O. The summed E-state index contributed by atoms with van der Waals surface area (Å²) in [5, 5.41) is 8.03. The lowest BCUT2D eigenvalue weighted by Gasteiger charge is -2.37. The van der Waals surface area contributed by atoms with E-state index in [0.717, 1.165) is 18.2 Å². The van der Waals surface area contributed by atoms with Crippen LogP contribution in [0.25, 0.3) is 0 Å². The lowest BCUT2D eigenvalue weighted by molar-refractivity contribution is -0.0416. The van der Waals surface area contributed by atoms with Crippen molar-refractivity contribution in [2.24, 2.45) is 23.5 Å². The van der Waals surface area contributed by atoms with Crippen LogP contribution < -0.4 is 5.73 Å². The van der Waals surface area contributed by atoms with Crippen LogP contribution >= 0.6 is 0 Å². The van der Waals surface area contributed by atoms with Gasteiger partial charge in [0.15, 0.2) is 0 Å². The molecule has 0 bridgehead atoms. The first-order valence-corrected chi connectivity index (χ1v) is 7.80. The topological polar surface area (TPSA) is 66.0 Å². The number of hydrogen-bond acceptors (Lipinski definition) is 4. The zero-order valence-electron chi connectivity index (χ0n) is 13.0. The van der Waals surface area contributed by atoms with E-state index < -0.39 is 0 Å². The summed E-state index contributed by atoms with van der Waals surface area (Å²) in [6.45, 7) is 8.84. The summed E-state index contributed by atoms with van der Waals surface area (Å²) in [5.41, 5.74) is 6.36. The summed E-state index contributed by atoms with van der Waals surface area (Å²) in [6.07, 6.45) is 6.12. The quantitative estimate of drug-likeness (QED) is 0.867. The van der Waals surface area contributed by atoms with E-state index in [2.05, 4.69) is 31.1 Å². The highest BCUT2D eigenvalue weighted by atomic mass is 16.5. The van der Waals surface area contributed by atoms with Crippen molar-refractivity contribution in [2.75, 3.05) is 6.61 Å². The molecule has 2 N–H and O–H groups in total. The predicted octanol–water partition coefficient (Wildman–Crippen LogP) is 2.21. The first-order chi connectivity index (χ1) is 9.60. The molecule has 1 aliphatic rings. The Labute approximate surface area is 121 Å². The van der Waals surface area contributed by atoms with Crippen LogP contribution in [0, 0.1) is 17.8 Å². The van der Waals surface area contributed by atoms with Gasteiger partial charge in [-0.1, -0.05) is 32.4 Å². The normalized spacial score (nSPS) is 27.1. The first-order valence-electron chi connectivity index (χ1n) is 7.80. The van der Waals surface area contributed by atoms with Crippen molar-refractivity contribution >= 4 is 0 Å². The van der Waals surface area contributed by atoms with Crippen molar-refractivity contribution in [3.63, 3.8) is 0 Å². The van der Waals surface area contributed by atoms with Crippen molar-refractivity contribution in [3.8, 4) is 0 Å². The van der Waals surface area contributed by atoms with E-state index in [1.54, 1.807) is 0 Å². The molecule has 5 heteroatoms. The maximum Gasteiger partial charge on any atom is 0.0962 e. The van der Waals surface area contributed by atoms with Gasteiger partial charge in [-0.2, -0.15) is 0 Å². The first kappa shape index (κ1) is 15.4. The van der Waals surface area contributed by atoms with E-state index in [1.165, 1.54) is 19.3 Å². The second-order valence-electron chi connectivity index (χ2n) is 6.41. The lowest BCUT2D eigenvalue weighted by Crippen LogP contribution is -2.35. The van der Waals surface area contributed by atoms with Crippen LogP contribution in [0.3, 0.4) is 0 Å². The van der Waals surface area contributed by atoms with Crippen molar-refractivity contribution < 1.29 is 4.74 Å². The highest BCUT2D eigenvalue weighted by molar-refractivity contribution is 4.90. The molecule has 2 rings (SSSR count). The zero-order valence-corrected chi connectivity index (χ0v) is 13.0. The minimum absolute atomic E-state index is 0.399. The maximum absolute atomic E-state index is 6.15. The summed E-state index contributed by atoms with van der Waals surface area (Å²) in [7, 11) is 0. The largest absolute Gasteiger partial charge is 0.376 e. The third-order valence-electron chi connectivity index (χ3n) is 4.41. The highest BCUT2D eigenvalue weighted by Crippen LogP contribution is 2.35. The molecule has 1 aliphatic carbocycles. The van der Waals surface area contributed by atoms with Gasteiger partial charge in [0.25, 0.3) is 0 Å². The molecule has 20 heavy (non-hydrogen) atoms. The zero-order chi connectivity index (χ0) is 14.5.